The number of carbonyl (C=O) groups is 1. The number of hydrogen-bond acceptors (Lipinski definition) is 5. The van der Waals surface area contributed by atoms with E-state index in [1.54, 1.807) is 6.92 Å². The number of aromatic nitrogens is 2. The molecule has 0 aromatic carbocycles. The molecule has 1 aromatic rings. The number of aromatic amines is 1. The van der Waals surface area contributed by atoms with Gasteiger partial charge < -0.3 is 4.74 Å². The van der Waals surface area contributed by atoms with Crippen LogP contribution in [0.5, 0.6) is 0 Å². The van der Waals surface area contributed by atoms with E-state index in [4.69, 9.17) is 4.74 Å². The molecular formula is C11H17N3O4S. The van der Waals surface area contributed by atoms with Crippen LogP contribution in [0.1, 0.15) is 37.6 Å². The maximum Gasteiger partial charge on any atom is 0.342 e. The second-order valence-corrected chi connectivity index (χ2v) is 6.85. The Bertz CT molecular complexity index is 591. The molecule has 106 valence electrons. The number of esters is 1. The second-order valence-electron chi connectivity index (χ2n) is 5.20. The Kier molecular flexibility index (Phi) is 3.40. The third-order valence-corrected chi connectivity index (χ3v) is 4.62. The fourth-order valence-corrected chi connectivity index (χ4v) is 3.24. The number of rotatable bonds is 5. The van der Waals surface area contributed by atoms with E-state index >= 15 is 0 Å². The van der Waals surface area contributed by atoms with Crippen molar-refractivity contribution < 1.29 is 17.9 Å². The standard InChI is InChI=1S/C11H17N3O4S/c1-4-18-10(15)7-6-12-13-9(7)19(16,17)14-8-5-11(8,2)3/h6,8,14H,4-5H2,1-3H3,(H,12,13). The number of H-pyrrole nitrogens is 1. The maximum atomic E-state index is 12.2. The molecule has 0 spiro atoms. The number of nitrogens with zero attached hydrogens (tertiary/aromatic N) is 1. The van der Waals surface area contributed by atoms with Crippen molar-refractivity contribution in [2.24, 2.45) is 5.41 Å². The Morgan fingerprint density at radius 1 is 1.63 bits per heavy atom. The van der Waals surface area contributed by atoms with Gasteiger partial charge in [-0.2, -0.15) is 5.10 Å². The molecule has 2 rings (SSSR count). The van der Waals surface area contributed by atoms with Gasteiger partial charge in [0.1, 0.15) is 5.56 Å². The summed E-state index contributed by atoms with van der Waals surface area (Å²) < 4.78 is 31.7. The highest BCUT2D eigenvalue weighted by Gasteiger charge is 2.48. The molecular weight excluding hydrogens is 270 g/mol. The Morgan fingerprint density at radius 2 is 2.26 bits per heavy atom. The first kappa shape index (κ1) is 14.0. The summed E-state index contributed by atoms with van der Waals surface area (Å²) in [6, 6.07) is -0.115. The summed E-state index contributed by atoms with van der Waals surface area (Å²) in [6.45, 7) is 5.77. The first-order valence-corrected chi connectivity index (χ1v) is 7.49. The molecule has 1 aliphatic carbocycles. The second kappa shape index (κ2) is 4.61. The highest BCUT2D eigenvalue weighted by Crippen LogP contribution is 2.45. The molecule has 0 bridgehead atoms. The highest BCUT2D eigenvalue weighted by atomic mass is 32.2. The molecule has 0 radical (unpaired) electrons. The van der Waals surface area contributed by atoms with E-state index in [1.165, 1.54) is 0 Å². The van der Waals surface area contributed by atoms with Crippen LogP contribution in [0.4, 0.5) is 0 Å². The van der Waals surface area contributed by atoms with Crippen molar-refractivity contribution in [2.75, 3.05) is 6.61 Å². The molecule has 1 saturated carbocycles. The van der Waals surface area contributed by atoms with Gasteiger partial charge in [0.15, 0.2) is 5.03 Å². The molecule has 1 fully saturated rings. The maximum absolute atomic E-state index is 12.2. The van der Waals surface area contributed by atoms with Crippen LogP contribution < -0.4 is 4.72 Å². The zero-order chi connectivity index (χ0) is 14.3. The van der Waals surface area contributed by atoms with Gasteiger partial charge >= 0.3 is 5.97 Å². The number of nitrogens with one attached hydrogen (secondary N) is 2. The minimum absolute atomic E-state index is 0.0445. The zero-order valence-corrected chi connectivity index (χ0v) is 11.9. The lowest BCUT2D eigenvalue weighted by Gasteiger charge is -2.08. The van der Waals surface area contributed by atoms with Crippen LogP contribution in [0.25, 0.3) is 0 Å². The van der Waals surface area contributed by atoms with Gasteiger partial charge in [0.2, 0.25) is 0 Å². The Morgan fingerprint density at radius 3 is 2.79 bits per heavy atom. The number of sulfonamides is 1. The van der Waals surface area contributed by atoms with Gasteiger partial charge in [-0.3, -0.25) is 5.10 Å². The summed E-state index contributed by atoms with van der Waals surface area (Å²) in [5, 5.41) is 5.71. The van der Waals surface area contributed by atoms with Crippen LogP contribution in [0.15, 0.2) is 11.2 Å². The summed E-state index contributed by atoms with van der Waals surface area (Å²) in [5.74, 6) is -0.702. The zero-order valence-electron chi connectivity index (χ0n) is 11.1. The molecule has 1 aliphatic rings. The number of hydrogen-bond donors (Lipinski definition) is 2. The predicted molar refractivity (Wildman–Crippen MR) is 67.1 cm³/mol. The van der Waals surface area contributed by atoms with E-state index in [9.17, 15) is 13.2 Å². The summed E-state index contributed by atoms with van der Waals surface area (Å²) >= 11 is 0. The van der Waals surface area contributed by atoms with Gasteiger partial charge in [-0.25, -0.2) is 17.9 Å². The molecule has 1 unspecified atom stereocenters. The lowest BCUT2D eigenvalue weighted by molar-refractivity contribution is 0.0522. The lowest BCUT2D eigenvalue weighted by Crippen LogP contribution is -2.30. The summed E-state index contributed by atoms with van der Waals surface area (Å²) in [4.78, 5) is 11.6. The molecule has 0 saturated heterocycles. The van der Waals surface area contributed by atoms with Crippen molar-refractivity contribution >= 4 is 16.0 Å². The number of ether oxygens (including phenoxy) is 1. The van der Waals surface area contributed by atoms with Crippen LogP contribution in [0.3, 0.4) is 0 Å². The third kappa shape index (κ3) is 2.79. The van der Waals surface area contributed by atoms with Gasteiger partial charge in [0.25, 0.3) is 10.0 Å². The minimum atomic E-state index is -3.79. The van der Waals surface area contributed by atoms with Crippen molar-refractivity contribution in [3.8, 4) is 0 Å². The summed E-state index contributed by atoms with van der Waals surface area (Å²) in [7, 11) is -3.79. The van der Waals surface area contributed by atoms with E-state index in [1.807, 2.05) is 13.8 Å². The lowest BCUT2D eigenvalue weighted by atomic mass is 10.2. The average Bonchev–Trinajstić information content (AvgIpc) is 2.76. The van der Waals surface area contributed by atoms with Gasteiger partial charge in [-0.1, -0.05) is 13.8 Å². The third-order valence-electron chi connectivity index (χ3n) is 3.18. The van der Waals surface area contributed by atoms with Gasteiger partial charge in [-0.05, 0) is 18.8 Å². The first-order chi connectivity index (χ1) is 8.78. The van der Waals surface area contributed by atoms with Crippen LogP contribution in [-0.2, 0) is 14.8 Å². The smallest absolute Gasteiger partial charge is 0.342 e. The minimum Gasteiger partial charge on any atom is -0.462 e. The van der Waals surface area contributed by atoms with E-state index in [2.05, 4.69) is 14.9 Å². The van der Waals surface area contributed by atoms with Gasteiger partial charge in [0.05, 0.1) is 12.8 Å². The van der Waals surface area contributed by atoms with Crippen molar-refractivity contribution in [3.63, 3.8) is 0 Å². The molecule has 1 aromatic heterocycles. The van der Waals surface area contributed by atoms with Gasteiger partial charge in [0, 0.05) is 6.04 Å². The topological polar surface area (TPSA) is 101 Å². The van der Waals surface area contributed by atoms with Crippen molar-refractivity contribution in [2.45, 2.75) is 38.3 Å². The molecule has 19 heavy (non-hydrogen) atoms. The molecule has 0 amide bonds. The fourth-order valence-electron chi connectivity index (χ4n) is 1.75. The molecule has 2 N–H and O–H groups in total. The van der Waals surface area contributed by atoms with Crippen molar-refractivity contribution in [3.05, 3.63) is 11.8 Å². The monoisotopic (exact) mass is 287 g/mol. The van der Waals surface area contributed by atoms with Gasteiger partial charge in [-0.15, -0.1) is 0 Å². The average molecular weight is 287 g/mol. The van der Waals surface area contributed by atoms with Crippen LogP contribution in [0.2, 0.25) is 0 Å². The van der Waals surface area contributed by atoms with Crippen molar-refractivity contribution in [1.29, 1.82) is 0 Å². The van der Waals surface area contributed by atoms with Crippen LogP contribution in [-0.4, -0.2) is 37.2 Å². The molecule has 8 heteroatoms. The van der Waals surface area contributed by atoms with E-state index < -0.39 is 16.0 Å². The largest absolute Gasteiger partial charge is 0.462 e. The summed E-state index contributed by atoms with van der Waals surface area (Å²) in [6.07, 6.45) is 1.93. The molecule has 7 nitrogen and oxygen atoms in total. The van der Waals surface area contributed by atoms with Crippen molar-refractivity contribution in [1.82, 2.24) is 14.9 Å². The quantitative estimate of drug-likeness (QED) is 0.775. The normalized spacial score (nSPS) is 21.1. The fraction of sp³-hybridized carbons (Fsp3) is 0.636. The molecule has 0 aliphatic heterocycles. The van der Waals surface area contributed by atoms with Crippen LogP contribution >= 0.6 is 0 Å². The first-order valence-electron chi connectivity index (χ1n) is 6.01. The van der Waals surface area contributed by atoms with E-state index in [-0.39, 0.29) is 28.7 Å². The van der Waals surface area contributed by atoms with E-state index in [0.29, 0.717) is 0 Å². The number of carbonyl (C=O) groups excluding carboxylic acids is 1. The Labute approximate surface area is 111 Å². The Hall–Kier alpha value is -1.41. The summed E-state index contributed by atoms with van der Waals surface area (Å²) in [5.41, 5.74) is -0.121. The predicted octanol–water partition coefficient (Wildman–Crippen LogP) is 0.663. The van der Waals surface area contributed by atoms with Crippen LogP contribution in [0, 0.1) is 5.41 Å². The SMILES string of the molecule is CCOC(=O)c1cn[nH]c1S(=O)(=O)NC1CC1(C)C. The Balaban J connectivity index is 2.22. The highest BCUT2D eigenvalue weighted by molar-refractivity contribution is 7.89. The molecule has 1 atom stereocenters. The molecule has 1 heterocycles. The van der Waals surface area contributed by atoms with E-state index in [0.717, 1.165) is 12.6 Å².